The summed E-state index contributed by atoms with van der Waals surface area (Å²) in [6.07, 6.45) is 3.92. The van der Waals surface area contributed by atoms with Gasteiger partial charge in [0.1, 0.15) is 17.7 Å². The average Bonchev–Trinajstić information content (AvgIpc) is 3.52. The predicted octanol–water partition coefficient (Wildman–Crippen LogP) is 3.25. The number of sulfonamides is 1. The average molecular weight is 536 g/mol. The van der Waals surface area contributed by atoms with E-state index < -0.39 is 45.4 Å². The lowest BCUT2D eigenvalue weighted by Gasteiger charge is -2.26. The van der Waals surface area contributed by atoms with Crippen LogP contribution in [-0.4, -0.2) is 46.2 Å². The molecule has 1 aliphatic carbocycles. The minimum absolute atomic E-state index is 0.0497. The number of rotatable bonds is 7. The first-order valence-electron chi connectivity index (χ1n) is 11.4. The lowest BCUT2D eigenvalue weighted by Crippen LogP contribution is -2.48. The highest BCUT2D eigenvalue weighted by atomic mass is 32.2. The molecule has 1 saturated carbocycles. The number of piperidine rings is 1. The summed E-state index contributed by atoms with van der Waals surface area (Å²) in [6.45, 7) is 0.576. The maximum absolute atomic E-state index is 14.5. The van der Waals surface area contributed by atoms with E-state index >= 15 is 0 Å². The summed E-state index contributed by atoms with van der Waals surface area (Å²) in [6, 6.07) is 4.73. The van der Waals surface area contributed by atoms with E-state index in [1.54, 1.807) is 0 Å². The molecule has 0 unspecified atom stereocenters. The van der Waals surface area contributed by atoms with Crippen LogP contribution in [-0.2, 0) is 27.3 Å². The zero-order chi connectivity index (χ0) is 26.5. The van der Waals surface area contributed by atoms with Crippen molar-refractivity contribution in [2.24, 2.45) is 11.8 Å². The number of benzene rings is 1. The van der Waals surface area contributed by atoms with E-state index in [2.05, 4.69) is 20.3 Å². The molecular formula is C24H21F4N5O3S. The Kier molecular flexibility index (Phi) is 6.23. The van der Waals surface area contributed by atoms with Gasteiger partial charge in [-0.3, -0.25) is 9.78 Å². The minimum Gasteiger partial charge on any atom is -0.351 e. The molecule has 2 aromatic heterocycles. The Morgan fingerprint density at radius 2 is 1.78 bits per heavy atom. The fourth-order valence-electron chi connectivity index (χ4n) is 4.49. The Morgan fingerprint density at radius 1 is 1.11 bits per heavy atom. The molecule has 1 N–H and O–H groups in total. The quantitative estimate of drug-likeness (QED) is 0.466. The number of halogens is 4. The van der Waals surface area contributed by atoms with Crippen LogP contribution in [0.4, 0.5) is 17.6 Å². The number of carbonyl (C=O) groups excluding carboxylic acids is 1. The van der Waals surface area contributed by atoms with Gasteiger partial charge in [0.15, 0.2) is 5.82 Å². The molecule has 2 aliphatic rings. The third-order valence-corrected chi connectivity index (χ3v) is 8.39. The zero-order valence-electron chi connectivity index (χ0n) is 19.4. The largest absolute Gasteiger partial charge is 0.351 e. The summed E-state index contributed by atoms with van der Waals surface area (Å²) in [7, 11) is -4.05. The van der Waals surface area contributed by atoms with Gasteiger partial charge >= 0.3 is 5.92 Å². The maximum Gasteiger partial charge on any atom is 0.303 e. The second kappa shape index (κ2) is 9.14. The second-order valence-electron chi connectivity index (χ2n) is 9.20. The number of amides is 1. The number of hydrogen-bond donors (Lipinski definition) is 1. The normalized spacial score (nSPS) is 21.5. The number of nitrogens with one attached hydrogen (secondary N) is 1. The highest BCUT2D eigenvalue weighted by Gasteiger charge is 2.58. The van der Waals surface area contributed by atoms with E-state index in [-0.39, 0.29) is 46.6 Å². The maximum atomic E-state index is 14.5. The van der Waals surface area contributed by atoms with Crippen molar-refractivity contribution in [1.29, 1.82) is 0 Å². The third kappa shape index (κ3) is 4.92. The van der Waals surface area contributed by atoms with Crippen LogP contribution in [0.1, 0.15) is 24.7 Å². The lowest BCUT2D eigenvalue weighted by molar-refractivity contribution is -0.125. The van der Waals surface area contributed by atoms with Crippen LogP contribution >= 0.6 is 0 Å². The van der Waals surface area contributed by atoms with Crippen LogP contribution < -0.4 is 5.32 Å². The molecular weight excluding hydrogens is 514 g/mol. The van der Waals surface area contributed by atoms with Crippen LogP contribution in [0, 0.1) is 23.5 Å². The van der Waals surface area contributed by atoms with Crippen molar-refractivity contribution in [1.82, 2.24) is 24.6 Å². The van der Waals surface area contributed by atoms with Crippen molar-refractivity contribution in [2.45, 2.75) is 36.7 Å². The molecule has 8 nitrogen and oxygen atoms in total. The van der Waals surface area contributed by atoms with Gasteiger partial charge in [0, 0.05) is 43.5 Å². The Balaban J connectivity index is 1.32. The van der Waals surface area contributed by atoms with Gasteiger partial charge in [0.25, 0.3) is 0 Å². The minimum atomic E-state index is -4.05. The summed E-state index contributed by atoms with van der Waals surface area (Å²) in [5.74, 6) is -5.86. The summed E-state index contributed by atoms with van der Waals surface area (Å²) in [4.78, 5) is 24.2. The standard InChI is InChI=1S/C24H21F4N5O3S/c1-24(27,28)23-31-9-15(10-32-23)20-7-13(19(26)11-29-20)8-30-22(34)21-18-6-14(18)12-33(21)37(35,36)17-4-2-16(25)3-5-17/h2-5,7,9-11,14,18,21H,6,8,12H2,1H3,(H,30,34)/t14-,18-,21-/m0/s1. The molecule has 0 radical (unpaired) electrons. The van der Waals surface area contributed by atoms with E-state index in [9.17, 15) is 30.8 Å². The molecule has 13 heteroatoms. The molecule has 1 saturated heterocycles. The van der Waals surface area contributed by atoms with Crippen LogP contribution in [0.15, 0.2) is 53.8 Å². The van der Waals surface area contributed by atoms with Gasteiger partial charge in [-0.1, -0.05) is 0 Å². The van der Waals surface area contributed by atoms with Gasteiger partial charge in [-0.25, -0.2) is 27.2 Å². The second-order valence-corrected chi connectivity index (χ2v) is 11.1. The Bertz CT molecular complexity index is 1450. The van der Waals surface area contributed by atoms with Gasteiger partial charge in [-0.15, -0.1) is 0 Å². The Labute approximate surface area is 209 Å². The van der Waals surface area contributed by atoms with E-state index in [1.165, 1.54) is 6.07 Å². The molecule has 3 atom stereocenters. The summed E-state index contributed by atoms with van der Waals surface area (Å²) in [5, 5.41) is 2.61. The molecule has 3 heterocycles. The molecule has 3 aromatic rings. The lowest BCUT2D eigenvalue weighted by atomic mass is 10.1. The number of fused-ring (bicyclic) bond motifs is 1. The molecule has 37 heavy (non-hydrogen) atoms. The van der Waals surface area contributed by atoms with Crippen LogP contribution in [0.3, 0.4) is 0 Å². The highest BCUT2D eigenvalue weighted by molar-refractivity contribution is 7.89. The number of hydrogen-bond acceptors (Lipinski definition) is 6. The fraction of sp³-hybridized carbons (Fsp3) is 0.333. The number of alkyl halides is 2. The summed E-state index contributed by atoms with van der Waals surface area (Å²) >= 11 is 0. The van der Waals surface area contributed by atoms with Crippen molar-refractivity contribution < 1.29 is 30.8 Å². The van der Waals surface area contributed by atoms with Crippen molar-refractivity contribution in [2.75, 3.05) is 6.54 Å². The van der Waals surface area contributed by atoms with E-state index in [0.29, 0.717) is 13.3 Å². The predicted molar refractivity (Wildman–Crippen MR) is 122 cm³/mol. The van der Waals surface area contributed by atoms with E-state index in [4.69, 9.17) is 0 Å². The number of aromatic nitrogens is 3. The highest BCUT2D eigenvalue weighted by Crippen LogP contribution is 2.51. The Morgan fingerprint density at radius 3 is 2.43 bits per heavy atom. The number of pyridine rings is 1. The van der Waals surface area contributed by atoms with Crippen molar-refractivity contribution >= 4 is 15.9 Å². The molecule has 0 spiro atoms. The van der Waals surface area contributed by atoms with E-state index in [1.807, 2.05) is 0 Å². The topological polar surface area (TPSA) is 105 Å². The monoisotopic (exact) mass is 535 g/mol. The molecule has 0 bridgehead atoms. The molecule has 2 fully saturated rings. The number of carbonyl (C=O) groups is 1. The molecule has 5 rings (SSSR count). The van der Waals surface area contributed by atoms with Gasteiger partial charge in [-0.05, 0) is 48.6 Å². The van der Waals surface area contributed by atoms with Gasteiger partial charge in [-0.2, -0.15) is 13.1 Å². The third-order valence-electron chi connectivity index (χ3n) is 6.52. The molecule has 1 amide bonds. The number of nitrogens with zero attached hydrogens (tertiary/aromatic N) is 4. The van der Waals surface area contributed by atoms with Gasteiger partial charge in [0.2, 0.25) is 15.9 Å². The van der Waals surface area contributed by atoms with Gasteiger partial charge in [0.05, 0.1) is 16.8 Å². The van der Waals surface area contributed by atoms with Crippen LogP contribution in [0.25, 0.3) is 11.3 Å². The SMILES string of the molecule is CC(F)(F)c1ncc(-c2cc(CNC(=O)[C@@H]3[C@H]4C[C@H]4CN3S(=O)(=O)c3ccc(F)cc3)c(F)cn2)cn1. The van der Waals surface area contributed by atoms with Crippen LogP contribution in [0.2, 0.25) is 0 Å². The first-order chi connectivity index (χ1) is 17.4. The molecule has 1 aromatic carbocycles. The first-order valence-corrected chi connectivity index (χ1v) is 12.8. The van der Waals surface area contributed by atoms with Crippen molar-refractivity contribution in [3.05, 3.63) is 71.9 Å². The van der Waals surface area contributed by atoms with E-state index in [0.717, 1.165) is 47.2 Å². The first kappa shape index (κ1) is 25.2. The summed E-state index contributed by atoms with van der Waals surface area (Å²) in [5.41, 5.74) is 0.538. The van der Waals surface area contributed by atoms with Crippen molar-refractivity contribution in [3.63, 3.8) is 0 Å². The van der Waals surface area contributed by atoms with Gasteiger partial charge < -0.3 is 5.32 Å². The Hall–Kier alpha value is -3.45. The van der Waals surface area contributed by atoms with Crippen molar-refractivity contribution in [3.8, 4) is 11.3 Å². The zero-order valence-corrected chi connectivity index (χ0v) is 20.2. The molecule has 1 aliphatic heterocycles. The summed E-state index contributed by atoms with van der Waals surface area (Å²) < 4.78 is 81.9. The van der Waals surface area contributed by atoms with Crippen LogP contribution in [0.5, 0.6) is 0 Å². The fourth-order valence-corrected chi connectivity index (χ4v) is 6.18. The molecule has 194 valence electrons. The smallest absolute Gasteiger partial charge is 0.303 e.